The van der Waals surface area contributed by atoms with Gasteiger partial charge in [0, 0.05) is 14.1 Å². The van der Waals surface area contributed by atoms with Crippen LogP contribution in [-0.4, -0.2) is 60.4 Å². The van der Waals surface area contributed by atoms with E-state index in [4.69, 9.17) is 14.6 Å². The second-order valence-electron chi connectivity index (χ2n) is 6.71. The molecule has 11 nitrogen and oxygen atoms in total. The highest BCUT2D eigenvalue weighted by Gasteiger charge is 2.22. The first-order chi connectivity index (χ1) is 14.7. The number of fused-ring (bicyclic) bond motifs is 1. The number of imidazole rings is 1. The van der Waals surface area contributed by atoms with Crippen LogP contribution in [-0.2, 0) is 25.4 Å². The van der Waals surface area contributed by atoms with E-state index in [0.29, 0.717) is 11.5 Å². The minimum atomic E-state index is -1.06. The summed E-state index contributed by atoms with van der Waals surface area (Å²) in [4.78, 5) is 40.2. The van der Waals surface area contributed by atoms with Crippen molar-refractivity contribution in [3.8, 4) is 11.5 Å². The molecule has 1 aromatic carbocycles. The molecule has 0 radical (unpaired) electrons. The lowest BCUT2D eigenvalue weighted by Crippen LogP contribution is -2.38. The van der Waals surface area contributed by atoms with Crippen molar-refractivity contribution in [2.45, 2.75) is 17.8 Å². The summed E-state index contributed by atoms with van der Waals surface area (Å²) in [5.74, 6) is -0.169. The fourth-order valence-electron chi connectivity index (χ4n) is 2.96. The Bertz CT molecular complexity index is 1210. The predicted molar refractivity (Wildman–Crippen MR) is 113 cm³/mol. The number of thioether (sulfide) groups is 1. The number of hydrogen-bond acceptors (Lipinski definition) is 8. The van der Waals surface area contributed by atoms with Crippen LogP contribution in [0.4, 0.5) is 0 Å². The van der Waals surface area contributed by atoms with Crippen molar-refractivity contribution in [3.63, 3.8) is 0 Å². The molecule has 0 aliphatic heterocycles. The van der Waals surface area contributed by atoms with Gasteiger partial charge in [0.1, 0.15) is 24.2 Å². The quantitative estimate of drug-likeness (QED) is 0.433. The van der Waals surface area contributed by atoms with Crippen LogP contribution in [0.1, 0.15) is 0 Å². The van der Waals surface area contributed by atoms with E-state index >= 15 is 0 Å². The van der Waals surface area contributed by atoms with Gasteiger partial charge in [0.15, 0.2) is 16.3 Å². The predicted octanol–water partition coefficient (Wildman–Crippen LogP) is 0.0589. The van der Waals surface area contributed by atoms with Gasteiger partial charge in [0.2, 0.25) is 0 Å². The number of carbonyl (C=O) groups is 1. The van der Waals surface area contributed by atoms with Crippen LogP contribution in [0, 0.1) is 0 Å². The molecule has 1 atom stereocenters. The third kappa shape index (κ3) is 4.75. The standard InChI is InChI=1S/C19H22N4O7S/c1-21-16-15(17(27)22(2)19(21)28)23(18(20-16)31-10-14(25)26)8-11(24)9-30-13-6-4-12(29-3)5-7-13/h4-7,11,24H,8-10H2,1-3H3,(H,25,26)/t11-/m1/s1. The lowest BCUT2D eigenvalue weighted by molar-refractivity contribution is -0.133. The Morgan fingerprint density at radius 1 is 1.16 bits per heavy atom. The lowest BCUT2D eigenvalue weighted by Gasteiger charge is -2.15. The summed E-state index contributed by atoms with van der Waals surface area (Å²) in [6.45, 7) is -0.164. The largest absolute Gasteiger partial charge is 0.497 e. The van der Waals surface area contributed by atoms with Gasteiger partial charge in [-0.15, -0.1) is 0 Å². The molecule has 2 aromatic heterocycles. The number of rotatable bonds is 9. The highest BCUT2D eigenvalue weighted by Crippen LogP contribution is 2.22. The summed E-state index contributed by atoms with van der Waals surface area (Å²) < 4.78 is 14.2. The number of aryl methyl sites for hydroxylation is 1. The van der Waals surface area contributed by atoms with Crippen molar-refractivity contribution in [3.05, 3.63) is 45.1 Å². The molecule has 31 heavy (non-hydrogen) atoms. The van der Waals surface area contributed by atoms with Gasteiger partial charge in [-0.3, -0.25) is 18.7 Å². The molecule has 0 amide bonds. The highest BCUT2D eigenvalue weighted by atomic mass is 32.2. The van der Waals surface area contributed by atoms with Crippen molar-refractivity contribution >= 4 is 28.9 Å². The summed E-state index contributed by atoms with van der Waals surface area (Å²) in [5, 5.41) is 19.7. The van der Waals surface area contributed by atoms with Crippen LogP contribution < -0.4 is 20.7 Å². The maximum atomic E-state index is 12.7. The first kappa shape index (κ1) is 22.4. The van der Waals surface area contributed by atoms with Crippen molar-refractivity contribution in [2.75, 3.05) is 19.5 Å². The minimum absolute atomic E-state index is 0.0813. The molecule has 0 fully saturated rings. The van der Waals surface area contributed by atoms with E-state index in [1.165, 1.54) is 23.2 Å². The van der Waals surface area contributed by atoms with E-state index < -0.39 is 23.3 Å². The van der Waals surface area contributed by atoms with Gasteiger partial charge in [0.05, 0.1) is 19.4 Å². The third-order valence-corrected chi connectivity index (χ3v) is 5.49. The number of aromatic nitrogens is 4. The van der Waals surface area contributed by atoms with Crippen molar-refractivity contribution < 1.29 is 24.5 Å². The summed E-state index contributed by atoms with van der Waals surface area (Å²) in [7, 11) is 4.36. The highest BCUT2D eigenvalue weighted by molar-refractivity contribution is 7.99. The van der Waals surface area contributed by atoms with Crippen LogP contribution in [0.5, 0.6) is 11.5 Å². The first-order valence-electron chi connectivity index (χ1n) is 9.18. The van der Waals surface area contributed by atoms with E-state index in [9.17, 15) is 19.5 Å². The zero-order chi connectivity index (χ0) is 22.7. The number of aliphatic hydroxyl groups excluding tert-OH is 1. The van der Waals surface area contributed by atoms with Crippen LogP contribution in [0.15, 0.2) is 39.0 Å². The van der Waals surface area contributed by atoms with E-state index in [1.807, 2.05) is 0 Å². The van der Waals surface area contributed by atoms with Gasteiger partial charge in [-0.2, -0.15) is 0 Å². The third-order valence-electron chi connectivity index (χ3n) is 4.53. The van der Waals surface area contributed by atoms with Crippen molar-refractivity contribution in [2.24, 2.45) is 14.1 Å². The number of aliphatic carboxylic acids is 1. The maximum Gasteiger partial charge on any atom is 0.332 e. The average Bonchev–Trinajstić information content (AvgIpc) is 3.11. The molecule has 3 aromatic rings. The number of carboxylic acid groups (broad SMARTS) is 1. The van der Waals surface area contributed by atoms with E-state index in [-0.39, 0.29) is 35.2 Å². The zero-order valence-corrected chi connectivity index (χ0v) is 18.0. The number of hydrogen-bond donors (Lipinski definition) is 2. The van der Waals surface area contributed by atoms with Crippen LogP contribution in [0.2, 0.25) is 0 Å². The van der Waals surface area contributed by atoms with Gasteiger partial charge in [-0.25, -0.2) is 9.78 Å². The maximum absolute atomic E-state index is 12.7. The summed E-state index contributed by atoms with van der Waals surface area (Å²) in [6, 6.07) is 6.82. The Kier molecular flexibility index (Phi) is 6.71. The summed E-state index contributed by atoms with van der Waals surface area (Å²) >= 11 is 0.894. The molecule has 0 saturated carbocycles. The van der Waals surface area contributed by atoms with Crippen LogP contribution >= 0.6 is 11.8 Å². The minimum Gasteiger partial charge on any atom is -0.497 e. The molecule has 0 bridgehead atoms. The molecule has 0 aliphatic carbocycles. The Labute approximate surface area is 180 Å². The topological polar surface area (TPSA) is 138 Å². The first-order valence-corrected chi connectivity index (χ1v) is 10.2. The lowest BCUT2D eigenvalue weighted by atomic mass is 10.3. The van der Waals surface area contributed by atoms with Gasteiger partial charge in [-0.1, -0.05) is 11.8 Å². The normalized spacial score (nSPS) is 12.1. The number of nitrogens with zero attached hydrogens (tertiary/aromatic N) is 4. The van der Waals surface area contributed by atoms with E-state index in [1.54, 1.807) is 31.4 Å². The smallest absolute Gasteiger partial charge is 0.332 e. The molecule has 0 aliphatic rings. The van der Waals surface area contributed by atoms with Crippen LogP contribution in [0.25, 0.3) is 11.2 Å². The second kappa shape index (κ2) is 9.27. The number of benzene rings is 1. The molecule has 166 valence electrons. The van der Waals surface area contributed by atoms with Gasteiger partial charge in [0.25, 0.3) is 5.56 Å². The Balaban J connectivity index is 1.90. The zero-order valence-electron chi connectivity index (χ0n) is 17.1. The summed E-state index contributed by atoms with van der Waals surface area (Å²) in [5.41, 5.74) is -0.929. The SMILES string of the molecule is COc1ccc(OC[C@H](O)Cn2c(SCC(=O)O)nc3c2c(=O)n(C)c(=O)n3C)cc1. The second-order valence-corrected chi connectivity index (χ2v) is 7.65. The molecule has 0 unspecified atom stereocenters. The number of ether oxygens (including phenoxy) is 2. The molecule has 0 saturated heterocycles. The van der Waals surface area contributed by atoms with Gasteiger partial charge < -0.3 is 24.3 Å². The Hall–Kier alpha value is -3.25. The average molecular weight is 450 g/mol. The van der Waals surface area contributed by atoms with Crippen molar-refractivity contribution in [1.29, 1.82) is 0 Å². The van der Waals surface area contributed by atoms with Crippen molar-refractivity contribution in [1.82, 2.24) is 18.7 Å². The molecule has 12 heteroatoms. The molecular weight excluding hydrogens is 428 g/mol. The molecule has 0 spiro atoms. The van der Waals surface area contributed by atoms with E-state index in [2.05, 4.69) is 4.98 Å². The molecule has 3 rings (SSSR count). The molecule has 2 heterocycles. The van der Waals surface area contributed by atoms with Gasteiger partial charge >= 0.3 is 11.7 Å². The summed E-state index contributed by atoms with van der Waals surface area (Å²) in [6.07, 6.45) is -1.04. The van der Waals surface area contributed by atoms with Gasteiger partial charge in [-0.05, 0) is 24.3 Å². The van der Waals surface area contributed by atoms with E-state index in [0.717, 1.165) is 16.3 Å². The Morgan fingerprint density at radius 2 is 1.81 bits per heavy atom. The molecule has 2 N–H and O–H groups in total. The number of aliphatic hydroxyl groups is 1. The van der Waals surface area contributed by atoms with Crippen LogP contribution in [0.3, 0.4) is 0 Å². The number of carboxylic acids is 1. The fraction of sp³-hybridized carbons (Fsp3) is 0.368. The number of methoxy groups -OCH3 is 1. The monoisotopic (exact) mass is 450 g/mol. The molecular formula is C19H22N4O7S. The fourth-order valence-corrected chi connectivity index (χ4v) is 3.69. The Morgan fingerprint density at radius 3 is 2.42 bits per heavy atom.